The molecule has 0 spiro atoms. The molecule has 0 heterocycles. The van der Waals surface area contributed by atoms with Gasteiger partial charge in [-0.3, -0.25) is 71.9 Å². The number of aliphatic hydroxyl groups excluding tert-OH is 2. The van der Waals surface area contributed by atoms with Crippen molar-refractivity contribution < 1.29 is 139 Å². The second-order valence-corrected chi connectivity index (χ2v) is 43.2. The van der Waals surface area contributed by atoms with Gasteiger partial charge >= 0.3 is 65.7 Å². The standard InChI is InChI=1S/C12H17BrO3.C12H15BrO3.C12H17BrO2.C8H13BrO3.C8H11BrO3.C8H13BrO2.C7H11BrO3.2C7H9BrO3.C7H11BrO2.C3H5BrO2/c13-6-10(14)16-12-4-8-1-9(5-12)3-11(15,2-8)7-12;13-6-10(14)16-12-3-7-1-8(4-12)11(15)9(2-7)5-12;13-7-11(14)15-12-4-8-1-9(5-12)3-10(2-8)6-12;2*9-5-8(11)12-7-3-1-6(10)2-4-7;9-6-8(10)11-7-4-2-1-3-5-7;3*8-4-7(10)11-6-2-1-5(9)3-6;8-5-7(9)10-6-3-1-2-4-6;1-6-3(5)2-4/h8-9,15H,1-7H2;7-9H,1-6H2;8-10H,1-7H2;6-7,10H,1-5H2;7H,1-5H2;7H,1-6H2;5-6,9H,1-4H2;2*6H,1-4H2;6H,1-5H2;2H2,1H3. The molecule has 29 nitrogen and oxygen atoms in total. The molecule has 8 unspecified atom stereocenters. The molecule has 3 N–H and O–H groups in total. The number of ketones is 4. The van der Waals surface area contributed by atoms with E-state index in [4.69, 9.17) is 57.6 Å². The Kier molecular flexibility index (Phi) is 55.4. The summed E-state index contributed by atoms with van der Waals surface area (Å²) in [5.41, 5.74) is -1.24. The van der Waals surface area contributed by atoms with Gasteiger partial charge in [-0.15, -0.1) is 0 Å². The van der Waals surface area contributed by atoms with E-state index in [9.17, 15) is 77.0 Å². The molecule has 0 aromatic carbocycles. The molecular weight excluding hydrogens is 2440 g/mol. The lowest BCUT2D eigenvalue weighted by Crippen LogP contribution is -2.60. The van der Waals surface area contributed by atoms with Crippen molar-refractivity contribution >= 4 is 264 Å². The minimum atomic E-state index is -0.545. The summed E-state index contributed by atoms with van der Waals surface area (Å²) in [5, 5.41) is 31.6. The fraction of sp³-hybridized carbons (Fsp3) is 0.835. The van der Waals surface area contributed by atoms with Gasteiger partial charge in [-0.1, -0.05) is 182 Å². The van der Waals surface area contributed by atoms with Gasteiger partial charge < -0.3 is 67.4 Å². The topological polar surface area (TPSA) is 418 Å². The number of carbonyl (C=O) groups is 15. The number of carbonyl (C=O) groups excluding carboxylic acids is 15. The van der Waals surface area contributed by atoms with Crippen LogP contribution >= 0.6 is 175 Å². The monoisotopic (exact) mass is 2560 g/mol. The first-order valence-corrected chi connectivity index (χ1v) is 58.2. The SMILES string of the molecule is COC(=O)CBr.O=C(CBr)OC12CC3CC(C1)C(=O)C(C3)C2.O=C(CBr)OC12CC3CC(CC(C3)C1)C2.O=C(CBr)OC12CC3CC(CC(O)(C3)C1)C2.O=C(CBr)OC1CCC(O)C1.O=C(CBr)OC1CCC(O)CC1.O=C(CBr)OC1CCCC1.O=C(CBr)OC1CCCCC1.O=C1CCC(OC(=O)CBr)C1.O=C1CCC(OC(=O)CBr)C1.O=C1CCC(OC(=O)CBr)CC1. The summed E-state index contributed by atoms with van der Waals surface area (Å²) in [6.07, 6.45) is 38.7. The van der Waals surface area contributed by atoms with Crippen molar-refractivity contribution in [2.75, 3.05) is 65.7 Å². The van der Waals surface area contributed by atoms with E-state index in [0.29, 0.717) is 117 Å². The van der Waals surface area contributed by atoms with Crippen LogP contribution in [0.1, 0.15) is 276 Å². The zero-order valence-corrected chi connectivity index (χ0v) is 92.1. The van der Waals surface area contributed by atoms with Crippen LogP contribution in [0.3, 0.4) is 0 Å². The molecule has 0 saturated heterocycles. The molecule has 12 bridgehead atoms. The Morgan fingerprint density at radius 3 is 0.878 bits per heavy atom. The average molecular weight is 2570 g/mol. The third-order valence-corrected chi connectivity index (χ3v) is 31.2. The van der Waals surface area contributed by atoms with Crippen molar-refractivity contribution in [2.45, 2.75) is 353 Å². The van der Waals surface area contributed by atoms with Gasteiger partial charge in [-0.2, -0.15) is 0 Å². The van der Waals surface area contributed by atoms with Crippen LogP contribution in [-0.2, 0) is 124 Å². The Morgan fingerprint density at radius 1 is 0.282 bits per heavy atom. The van der Waals surface area contributed by atoms with E-state index in [-0.39, 0.29) is 209 Å². The molecule has 19 saturated carbocycles. The number of hydrogen-bond acceptors (Lipinski definition) is 29. The van der Waals surface area contributed by atoms with Crippen LogP contribution in [0, 0.1) is 47.3 Å². The molecule has 19 rings (SSSR count). The summed E-state index contributed by atoms with van der Waals surface area (Å²) in [7, 11) is 1.35. The summed E-state index contributed by atoms with van der Waals surface area (Å²) in [4.78, 5) is 164. The molecule has 0 amide bonds. The number of hydrogen-bond donors (Lipinski definition) is 3. The Bertz CT molecular complexity index is 3530. The van der Waals surface area contributed by atoms with Crippen molar-refractivity contribution in [1.29, 1.82) is 0 Å². The zero-order valence-electron chi connectivity index (χ0n) is 74.6. The normalized spacial score (nSPS) is 31.4. The minimum absolute atomic E-state index is 0.0263. The van der Waals surface area contributed by atoms with Crippen LogP contribution in [0.5, 0.6) is 0 Å². The predicted molar refractivity (Wildman–Crippen MR) is 523 cm³/mol. The third-order valence-electron chi connectivity index (χ3n) is 26.1. The highest BCUT2D eigenvalue weighted by molar-refractivity contribution is 9.11. The molecule has 746 valence electrons. The second kappa shape index (κ2) is 61.7. The predicted octanol–water partition coefficient (Wildman–Crippen LogP) is 17.2. The molecular formula is C91H131Br11O29. The number of ether oxygens (including phenoxy) is 11. The Labute approximate surface area is 861 Å². The Hall–Kier alpha value is -1.99. The van der Waals surface area contributed by atoms with Crippen LogP contribution in [0.4, 0.5) is 0 Å². The summed E-state index contributed by atoms with van der Waals surface area (Å²) in [6.45, 7) is 0. The quantitative estimate of drug-likeness (QED) is 0.0546. The van der Waals surface area contributed by atoms with Crippen molar-refractivity contribution in [1.82, 2.24) is 0 Å². The average Bonchev–Trinajstić information content (AvgIpc) is 1.57. The number of rotatable bonds is 21. The maximum atomic E-state index is 11.9. The summed E-state index contributed by atoms with van der Waals surface area (Å²) < 4.78 is 56.4. The fourth-order valence-corrected chi connectivity index (χ4v) is 23.3. The van der Waals surface area contributed by atoms with Crippen LogP contribution in [-0.4, -0.2) is 247 Å². The first kappa shape index (κ1) is 118. The van der Waals surface area contributed by atoms with Gasteiger partial charge in [0.15, 0.2) is 0 Å². The second-order valence-electron chi connectivity index (χ2n) is 37.0. The lowest BCUT2D eigenvalue weighted by Gasteiger charge is -2.59. The largest absolute Gasteiger partial charge is 0.468 e. The minimum Gasteiger partial charge on any atom is -0.468 e. The highest BCUT2D eigenvalue weighted by Crippen LogP contribution is 2.60. The van der Waals surface area contributed by atoms with Gasteiger partial charge in [0.1, 0.15) is 141 Å². The molecule has 0 radical (unpaired) electrons. The van der Waals surface area contributed by atoms with E-state index in [1.54, 1.807) is 0 Å². The molecule has 19 fully saturated rings. The van der Waals surface area contributed by atoms with Gasteiger partial charge in [0, 0.05) is 63.2 Å². The van der Waals surface area contributed by atoms with Crippen LogP contribution in [0.15, 0.2) is 0 Å². The number of aliphatic hydroxyl groups is 3. The van der Waals surface area contributed by atoms with Crippen LogP contribution in [0.2, 0.25) is 0 Å². The molecule has 40 heteroatoms. The van der Waals surface area contributed by atoms with Gasteiger partial charge in [0.05, 0.1) is 24.9 Å². The lowest BCUT2D eigenvalue weighted by molar-refractivity contribution is -0.218. The van der Waals surface area contributed by atoms with Gasteiger partial charge in [0.2, 0.25) is 0 Å². The van der Waals surface area contributed by atoms with Gasteiger partial charge in [-0.25, -0.2) is 0 Å². The van der Waals surface area contributed by atoms with Gasteiger partial charge in [-0.05, 0) is 254 Å². The maximum Gasteiger partial charge on any atom is 0.317 e. The number of Topliss-reactive ketones (excluding diaryl/α,β-unsaturated/α-hetero) is 4. The molecule has 0 aliphatic heterocycles. The highest BCUT2D eigenvalue weighted by Gasteiger charge is 2.60. The molecule has 19 aliphatic rings. The maximum absolute atomic E-state index is 11.9. The number of alkyl halides is 11. The molecule has 0 aromatic rings. The number of esters is 11. The van der Waals surface area contributed by atoms with E-state index in [1.165, 1.54) is 64.9 Å². The molecule has 19 aliphatic carbocycles. The number of methoxy groups -OCH3 is 1. The molecule has 0 aromatic heterocycles. The van der Waals surface area contributed by atoms with E-state index in [2.05, 4.69) is 180 Å². The van der Waals surface area contributed by atoms with Crippen molar-refractivity contribution in [3.8, 4) is 0 Å². The van der Waals surface area contributed by atoms with E-state index >= 15 is 0 Å². The zero-order chi connectivity index (χ0) is 96.4. The van der Waals surface area contributed by atoms with Crippen molar-refractivity contribution in [3.05, 3.63) is 0 Å². The smallest absolute Gasteiger partial charge is 0.317 e. The lowest BCUT2D eigenvalue weighted by atomic mass is 9.52. The summed E-state index contributed by atoms with van der Waals surface area (Å²) in [5.74, 6) is 3.50. The Morgan fingerprint density at radius 2 is 0.557 bits per heavy atom. The van der Waals surface area contributed by atoms with E-state index in [1.807, 2.05) is 0 Å². The van der Waals surface area contributed by atoms with Crippen LogP contribution < -0.4 is 0 Å². The Balaban J connectivity index is 0.000000224. The fourth-order valence-electron chi connectivity index (χ4n) is 21.8. The highest BCUT2D eigenvalue weighted by atomic mass is 79.9. The third kappa shape index (κ3) is 44.0. The first-order valence-electron chi connectivity index (χ1n) is 45.8. The van der Waals surface area contributed by atoms with Gasteiger partial charge in [0.25, 0.3) is 0 Å². The van der Waals surface area contributed by atoms with Crippen molar-refractivity contribution in [2.24, 2.45) is 47.3 Å². The summed E-state index contributed by atoms with van der Waals surface area (Å²) >= 11 is 33.4. The van der Waals surface area contributed by atoms with Crippen LogP contribution in [0.25, 0.3) is 0 Å². The van der Waals surface area contributed by atoms with E-state index < -0.39 is 5.60 Å². The van der Waals surface area contributed by atoms with E-state index in [0.717, 1.165) is 159 Å². The summed E-state index contributed by atoms with van der Waals surface area (Å²) in [6, 6.07) is 0. The molecule has 131 heavy (non-hydrogen) atoms. The first-order chi connectivity index (χ1) is 62.4. The molecule has 8 atom stereocenters. The number of halogens is 11. The van der Waals surface area contributed by atoms with Crippen molar-refractivity contribution in [3.63, 3.8) is 0 Å².